The van der Waals surface area contributed by atoms with Crippen molar-refractivity contribution in [3.63, 3.8) is 0 Å². The molecule has 0 saturated carbocycles. The van der Waals surface area contributed by atoms with E-state index >= 15 is 0 Å². The number of carbonyl (C=O) groups is 1. The Balaban J connectivity index is 1.41. The molecule has 1 aromatic carbocycles. The van der Waals surface area contributed by atoms with Crippen LogP contribution in [0.4, 0.5) is 8.78 Å². The number of nitrogens with zero attached hydrogens (tertiary/aromatic N) is 3. The van der Waals surface area contributed by atoms with Gasteiger partial charge in [0.15, 0.2) is 17.4 Å². The molecule has 1 aliphatic rings. The summed E-state index contributed by atoms with van der Waals surface area (Å²) in [5, 5.41) is 3.86. The van der Waals surface area contributed by atoms with Gasteiger partial charge in [0.05, 0.1) is 6.61 Å². The zero-order valence-electron chi connectivity index (χ0n) is 14.6. The van der Waals surface area contributed by atoms with E-state index in [1.54, 1.807) is 13.0 Å². The largest absolute Gasteiger partial charge is 0.372 e. The predicted molar refractivity (Wildman–Crippen MR) is 90.2 cm³/mol. The van der Waals surface area contributed by atoms with E-state index < -0.39 is 11.6 Å². The number of benzene rings is 1. The monoisotopic (exact) mass is 365 g/mol. The first-order valence-electron chi connectivity index (χ1n) is 8.49. The highest BCUT2D eigenvalue weighted by atomic mass is 19.2. The van der Waals surface area contributed by atoms with E-state index in [0.29, 0.717) is 23.6 Å². The quantitative estimate of drug-likeness (QED) is 0.736. The second-order valence-electron chi connectivity index (χ2n) is 6.21. The summed E-state index contributed by atoms with van der Waals surface area (Å²) >= 11 is 0. The molecule has 0 aliphatic carbocycles. The van der Waals surface area contributed by atoms with Crippen LogP contribution in [0.3, 0.4) is 0 Å². The Morgan fingerprint density at radius 3 is 2.65 bits per heavy atom. The minimum absolute atomic E-state index is 0.114. The number of amides is 1. The summed E-state index contributed by atoms with van der Waals surface area (Å²) in [5.41, 5.74) is 0.880. The number of carbonyl (C=O) groups excluding carboxylic acids is 1. The summed E-state index contributed by atoms with van der Waals surface area (Å²) in [6.45, 7) is 6.31. The molecular weight excluding hydrogens is 344 g/mol. The molecule has 3 rings (SSSR count). The summed E-state index contributed by atoms with van der Waals surface area (Å²) < 4.78 is 37.0. The fourth-order valence-electron chi connectivity index (χ4n) is 2.83. The first-order chi connectivity index (χ1) is 12.5. The number of ether oxygens (including phenoxy) is 1. The van der Waals surface area contributed by atoms with Gasteiger partial charge < -0.3 is 14.2 Å². The van der Waals surface area contributed by atoms with Crippen molar-refractivity contribution in [3.8, 4) is 11.3 Å². The molecule has 0 spiro atoms. The molecule has 2 heterocycles. The van der Waals surface area contributed by atoms with Gasteiger partial charge in [0, 0.05) is 51.3 Å². The molecule has 6 nitrogen and oxygen atoms in total. The van der Waals surface area contributed by atoms with E-state index in [4.69, 9.17) is 9.26 Å². The lowest BCUT2D eigenvalue weighted by atomic mass is 10.1. The predicted octanol–water partition coefficient (Wildman–Crippen LogP) is 2.30. The average Bonchev–Trinajstić information content (AvgIpc) is 3.10. The van der Waals surface area contributed by atoms with E-state index in [-0.39, 0.29) is 12.5 Å². The molecule has 1 fully saturated rings. The van der Waals surface area contributed by atoms with Crippen LogP contribution in [0.1, 0.15) is 12.7 Å². The van der Waals surface area contributed by atoms with E-state index in [1.165, 1.54) is 6.07 Å². The van der Waals surface area contributed by atoms with Crippen molar-refractivity contribution >= 4 is 5.91 Å². The summed E-state index contributed by atoms with van der Waals surface area (Å²) in [6, 6.07) is 5.24. The van der Waals surface area contributed by atoms with Crippen LogP contribution in [-0.4, -0.2) is 60.2 Å². The SMILES string of the molecule is CC(=O)N1CCN(CCOCc2cc(-c3ccc(F)c(F)c3)no2)CC1. The van der Waals surface area contributed by atoms with Crippen molar-refractivity contribution in [2.75, 3.05) is 39.3 Å². The van der Waals surface area contributed by atoms with Gasteiger partial charge in [-0.3, -0.25) is 9.69 Å². The number of hydrogen-bond acceptors (Lipinski definition) is 5. The molecule has 0 radical (unpaired) electrons. The molecule has 0 atom stereocenters. The maximum absolute atomic E-state index is 13.3. The highest BCUT2D eigenvalue weighted by Gasteiger charge is 2.18. The van der Waals surface area contributed by atoms with Crippen molar-refractivity contribution in [1.82, 2.24) is 15.0 Å². The Morgan fingerprint density at radius 1 is 1.19 bits per heavy atom. The normalized spacial score (nSPS) is 15.4. The van der Waals surface area contributed by atoms with Crippen molar-refractivity contribution in [2.24, 2.45) is 0 Å². The van der Waals surface area contributed by atoms with Gasteiger partial charge in [-0.2, -0.15) is 0 Å². The fraction of sp³-hybridized carbons (Fsp3) is 0.444. The van der Waals surface area contributed by atoms with Crippen LogP contribution >= 0.6 is 0 Å². The van der Waals surface area contributed by atoms with Crippen molar-refractivity contribution < 1.29 is 22.8 Å². The maximum Gasteiger partial charge on any atom is 0.219 e. The van der Waals surface area contributed by atoms with Gasteiger partial charge in [0.1, 0.15) is 12.3 Å². The number of rotatable bonds is 6. The number of aromatic nitrogens is 1. The summed E-state index contributed by atoms with van der Waals surface area (Å²) in [4.78, 5) is 15.4. The molecule has 1 amide bonds. The van der Waals surface area contributed by atoms with Crippen LogP contribution in [-0.2, 0) is 16.1 Å². The Morgan fingerprint density at radius 2 is 1.96 bits per heavy atom. The molecule has 0 N–H and O–H groups in total. The van der Waals surface area contributed by atoms with Crippen molar-refractivity contribution in [3.05, 3.63) is 41.7 Å². The van der Waals surface area contributed by atoms with Gasteiger partial charge in [-0.25, -0.2) is 8.78 Å². The molecule has 140 valence electrons. The summed E-state index contributed by atoms with van der Waals surface area (Å²) in [7, 11) is 0. The van der Waals surface area contributed by atoms with Gasteiger partial charge in [-0.1, -0.05) is 5.16 Å². The Bertz CT molecular complexity index is 758. The van der Waals surface area contributed by atoms with Gasteiger partial charge in [0.2, 0.25) is 5.91 Å². The summed E-state index contributed by atoms with van der Waals surface area (Å²) in [6.07, 6.45) is 0. The van der Waals surface area contributed by atoms with E-state index in [1.807, 2.05) is 4.90 Å². The minimum atomic E-state index is -0.923. The molecule has 8 heteroatoms. The van der Waals surface area contributed by atoms with E-state index in [0.717, 1.165) is 44.9 Å². The molecule has 0 unspecified atom stereocenters. The number of piperazine rings is 1. The molecule has 1 aromatic heterocycles. The zero-order chi connectivity index (χ0) is 18.5. The van der Waals surface area contributed by atoms with Gasteiger partial charge in [0.25, 0.3) is 0 Å². The second-order valence-corrected chi connectivity index (χ2v) is 6.21. The fourth-order valence-corrected chi connectivity index (χ4v) is 2.83. The van der Waals surface area contributed by atoms with Crippen molar-refractivity contribution in [1.29, 1.82) is 0 Å². The van der Waals surface area contributed by atoms with Gasteiger partial charge >= 0.3 is 0 Å². The van der Waals surface area contributed by atoms with Crippen molar-refractivity contribution in [2.45, 2.75) is 13.5 Å². The first-order valence-corrected chi connectivity index (χ1v) is 8.49. The summed E-state index contributed by atoms with van der Waals surface area (Å²) in [5.74, 6) is -1.19. The van der Waals surface area contributed by atoms with Crippen LogP contribution in [0, 0.1) is 11.6 Å². The lowest BCUT2D eigenvalue weighted by molar-refractivity contribution is -0.130. The van der Waals surface area contributed by atoms with Crippen LogP contribution in [0.25, 0.3) is 11.3 Å². The Kier molecular flexibility index (Phi) is 5.95. The number of halogens is 2. The molecule has 2 aromatic rings. The second kappa shape index (κ2) is 8.37. The highest BCUT2D eigenvalue weighted by Crippen LogP contribution is 2.21. The number of hydrogen-bond donors (Lipinski definition) is 0. The van der Waals surface area contributed by atoms with Gasteiger partial charge in [-0.05, 0) is 18.2 Å². The maximum atomic E-state index is 13.3. The third-order valence-corrected chi connectivity index (χ3v) is 4.39. The molecule has 1 aliphatic heterocycles. The highest BCUT2D eigenvalue weighted by molar-refractivity contribution is 5.73. The molecular formula is C18H21F2N3O3. The standard InChI is InChI=1S/C18H21F2N3O3/c1-13(24)23-6-4-22(5-7-23)8-9-25-12-15-11-18(21-26-15)14-2-3-16(19)17(20)10-14/h2-3,10-11H,4-9,12H2,1H3. The molecule has 26 heavy (non-hydrogen) atoms. The first kappa shape index (κ1) is 18.5. The third kappa shape index (κ3) is 4.64. The molecule has 1 saturated heterocycles. The van der Waals surface area contributed by atoms with Crippen LogP contribution in [0.15, 0.2) is 28.8 Å². The average molecular weight is 365 g/mol. The lowest BCUT2D eigenvalue weighted by Gasteiger charge is -2.33. The van der Waals surface area contributed by atoms with Crippen LogP contribution in [0.2, 0.25) is 0 Å². The third-order valence-electron chi connectivity index (χ3n) is 4.39. The van der Waals surface area contributed by atoms with E-state index in [2.05, 4.69) is 10.1 Å². The van der Waals surface area contributed by atoms with Crippen LogP contribution in [0.5, 0.6) is 0 Å². The van der Waals surface area contributed by atoms with Gasteiger partial charge in [-0.15, -0.1) is 0 Å². The topological polar surface area (TPSA) is 58.8 Å². The molecule has 0 bridgehead atoms. The van der Waals surface area contributed by atoms with E-state index in [9.17, 15) is 13.6 Å². The minimum Gasteiger partial charge on any atom is -0.372 e. The van der Waals surface area contributed by atoms with Crippen LogP contribution < -0.4 is 0 Å². The lowest BCUT2D eigenvalue weighted by Crippen LogP contribution is -2.48. The zero-order valence-corrected chi connectivity index (χ0v) is 14.6. The Hall–Kier alpha value is -2.32. The Labute approximate surface area is 150 Å². The smallest absolute Gasteiger partial charge is 0.219 e.